The predicted molar refractivity (Wildman–Crippen MR) is 94.1 cm³/mol. The van der Waals surface area contributed by atoms with Gasteiger partial charge in [-0.15, -0.1) is 0 Å². The van der Waals surface area contributed by atoms with Crippen molar-refractivity contribution in [2.75, 3.05) is 18.8 Å². The summed E-state index contributed by atoms with van der Waals surface area (Å²) in [6.45, 7) is 2.72. The Morgan fingerprint density at radius 2 is 2.21 bits per heavy atom. The van der Waals surface area contributed by atoms with Crippen molar-refractivity contribution in [2.45, 2.75) is 37.6 Å². The molecule has 1 fully saturated rings. The molecule has 126 valence electrons. The summed E-state index contributed by atoms with van der Waals surface area (Å²) in [5, 5.41) is 10.3. The number of aromatic nitrogens is 2. The second kappa shape index (κ2) is 5.90. The highest BCUT2D eigenvalue weighted by atomic mass is 35.5. The number of phenolic OH excluding ortho intramolecular Hbond substituents is 1. The first kappa shape index (κ1) is 15.7. The summed E-state index contributed by atoms with van der Waals surface area (Å²) in [5.41, 5.74) is 9.26. The minimum absolute atomic E-state index is 0.0773. The smallest absolute Gasteiger partial charge is 0.220 e. The molecule has 4 rings (SSSR count). The number of likely N-dealkylation sites (tertiary alicyclic amines) is 1. The number of aryl methyl sites for hydroxylation is 1. The molecule has 1 aliphatic heterocycles. The zero-order chi connectivity index (χ0) is 16.7. The van der Waals surface area contributed by atoms with Crippen LogP contribution in [0.4, 0.5) is 5.95 Å². The number of hydrogen-bond donors (Lipinski definition) is 2. The summed E-state index contributed by atoms with van der Waals surface area (Å²) in [7, 11) is 0. The Balaban J connectivity index is 1.59. The van der Waals surface area contributed by atoms with Gasteiger partial charge in [0.2, 0.25) is 5.95 Å². The molecule has 6 heteroatoms. The number of fused-ring (bicyclic) bond motifs is 2. The predicted octanol–water partition coefficient (Wildman–Crippen LogP) is 2.90. The molecular weight excluding hydrogens is 324 g/mol. The summed E-state index contributed by atoms with van der Waals surface area (Å²) >= 11 is 6.25. The largest absolute Gasteiger partial charge is 0.506 e. The quantitative estimate of drug-likeness (QED) is 0.876. The van der Waals surface area contributed by atoms with Crippen molar-refractivity contribution in [2.24, 2.45) is 0 Å². The number of hydrogen-bond acceptors (Lipinski definition) is 5. The normalized spacial score (nSPS) is 23.5. The third-order valence-electron chi connectivity index (χ3n) is 5.37. The average Bonchev–Trinajstić information content (AvgIpc) is 2.90. The fraction of sp³-hybridized carbons (Fsp3) is 0.444. The second-order valence-electron chi connectivity index (χ2n) is 6.95. The van der Waals surface area contributed by atoms with Crippen molar-refractivity contribution in [1.82, 2.24) is 14.9 Å². The van der Waals surface area contributed by atoms with E-state index in [1.807, 2.05) is 18.3 Å². The van der Waals surface area contributed by atoms with Crippen LogP contribution >= 0.6 is 11.6 Å². The SMILES string of the molecule is Nc1ncc2c(n1)C1(CCCN(Cc3cccc(O)c3Cl)C1)CC2. The number of aromatic hydroxyl groups is 1. The standard InChI is InChI=1S/C18H21ClN4O/c19-15-13(3-1-4-14(15)24)10-23-8-2-6-18(11-23)7-5-12-9-21-17(20)22-16(12)18/h1,3-4,9,24H,2,5-8,10-11H2,(H2,20,21,22). The summed E-state index contributed by atoms with van der Waals surface area (Å²) < 4.78 is 0. The fourth-order valence-electron chi connectivity index (χ4n) is 4.24. The number of halogens is 1. The van der Waals surface area contributed by atoms with Crippen LogP contribution in [-0.2, 0) is 18.4 Å². The molecule has 1 spiro atoms. The highest BCUT2D eigenvalue weighted by Crippen LogP contribution is 2.44. The Labute approximate surface area is 146 Å². The highest BCUT2D eigenvalue weighted by Gasteiger charge is 2.43. The minimum Gasteiger partial charge on any atom is -0.506 e. The number of anilines is 1. The molecule has 2 aromatic rings. The van der Waals surface area contributed by atoms with Crippen LogP contribution in [0.3, 0.4) is 0 Å². The number of benzene rings is 1. The summed E-state index contributed by atoms with van der Waals surface area (Å²) in [6, 6.07) is 5.44. The van der Waals surface area contributed by atoms with Gasteiger partial charge in [-0.1, -0.05) is 23.7 Å². The number of nitrogens with zero attached hydrogens (tertiary/aromatic N) is 3. The fourth-order valence-corrected chi connectivity index (χ4v) is 4.43. The third kappa shape index (κ3) is 2.62. The molecule has 0 saturated carbocycles. The topological polar surface area (TPSA) is 75.3 Å². The molecule has 1 aromatic carbocycles. The monoisotopic (exact) mass is 344 g/mol. The maximum atomic E-state index is 9.81. The molecule has 2 heterocycles. The highest BCUT2D eigenvalue weighted by molar-refractivity contribution is 6.32. The van der Waals surface area contributed by atoms with Gasteiger partial charge in [0, 0.05) is 24.7 Å². The van der Waals surface area contributed by atoms with Crippen LogP contribution in [0.2, 0.25) is 5.02 Å². The van der Waals surface area contributed by atoms with E-state index in [1.165, 1.54) is 5.56 Å². The van der Waals surface area contributed by atoms with Gasteiger partial charge in [-0.05, 0) is 49.4 Å². The molecule has 0 amide bonds. The maximum Gasteiger partial charge on any atom is 0.220 e. The van der Waals surface area contributed by atoms with E-state index in [-0.39, 0.29) is 11.2 Å². The van der Waals surface area contributed by atoms with Crippen LogP contribution in [0.25, 0.3) is 0 Å². The molecule has 3 N–H and O–H groups in total. The van der Waals surface area contributed by atoms with Gasteiger partial charge in [-0.25, -0.2) is 9.97 Å². The van der Waals surface area contributed by atoms with E-state index in [0.717, 1.165) is 56.6 Å². The van der Waals surface area contributed by atoms with Crippen LogP contribution in [-0.4, -0.2) is 33.1 Å². The maximum absolute atomic E-state index is 9.81. The lowest BCUT2D eigenvalue weighted by atomic mass is 9.77. The molecule has 2 aliphatic rings. The van der Waals surface area contributed by atoms with Gasteiger partial charge in [-0.3, -0.25) is 4.90 Å². The molecule has 1 unspecified atom stereocenters. The molecule has 1 atom stereocenters. The zero-order valence-corrected chi connectivity index (χ0v) is 14.3. The number of piperidine rings is 1. The first-order valence-electron chi connectivity index (χ1n) is 8.38. The molecule has 5 nitrogen and oxygen atoms in total. The van der Waals surface area contributed by atoms with Gasteiger partial charge >= 0.3 is 0 Å². The second-order valence-corrected chi connectivity index (χ2v) is 7.32. The van der Waals surface area contributed by atoms with E-state index in [1.54, 1.807) is 6.07 Å². The van der Waals surface area contributed by atoms with Crippen molar-refractivity contribution in [3.05, 3.63) is 46.2 Å². The number of rotatable bonds is 2. The summed E-state index contributed by atoms with van der Waals surface area (Å²) in [6.07, 6.45) is 6.28. The van der Waals surface area contributed by atoms with Crippen molar-refractivity contribution >= 4 is 17.5 Å². The third-order valence-corrected chi connectivity index (χ3v) is 5.80. The molecule has 0 bridgehead atoms. The van der Waals surface area contributed by atoms with Crippen molar-refractivity contribution in [1.29, 1.82) is 0 Å². The first-order chi connectivity index (χ1) is 11.6. The van der Waals surface area contributed by atoms with Gasteiger partial charge in [0.05, 0.1) is 10.7 Å². The molecular formula is C18H21ClN4O. The zero-order valence-electron chi connectivity index (χ0n) is 13.5. The molecule has 1 aromatic heterocycles. The van der Waals surface area contributed by atoms with Crippen LogP contribution in [0.15, 0.2) is 24.4 Å². The van der Waals surface area contributed by atoms with E-state index in [2.05, 4.69) is 14.9 Å². The molecule has 1 saturated heterocycles. The van der Waals surface area contributed by atoms with E-state index in [0.29, 0.717) is 11.0 Å². The number of nitrogens with two attached hydrogens (primary N) is 1. The van der Waals surface area contributed by atoms with E-state index < -0.39 is 0 Å². The van der Waals surface area contributed by atoms with Crippen molar-refractivity contribution < 1.29 is 5.11 Å². The van der Waals surface area contributed by atoms with E-state index >= 15 is 0 Å². The van der Waals surface area contributed by atoms with Gasteiger partial charge in [0.1, 0.15) is 5.75 Å². The van der Waals surface area contributed by atoms with Gasteiger partial charge in [0.15, 0.2) is 0 Å². The molecule has 1 aliphatic carbocycles. The molecule has 0 radical (unpaired) electrons. The summed E-state index contributed by atoms with van der Waals surface area (Å²) in [5.74, 6) is 0.510. The average molecular weight is 345 g/mol. The van der Waals surface area contributed by atoms with Crippen LogP contribution in [0.1, 0.15) is 36.1 Å². The minimum atomic E-state index is 0.0773. The van der Waals surface area contributed by atoms with Crippen LogP contribution in [0.5, 0.6) is 5.75 Å². The van der Waals surface area contributed by atoms with Crippen LogP contribution in [0, 0.1) is 0 Å². The van der Waals surface area contributed by atoms with Gasteiger partial charge < -0.3 is 10.8 Å². The van der Waals surface area contributed by atoms with E-state index in [9.17, 15) is 5.11 Å². The van der Waals surface area contributed by atoms with E-state index in [4.69, 9.17) is 17.3 Å². The Kier molecular flexibility index (Phi) is 3.85. The Morgan fingerprint density at radius 1 is 1.33 bits per heavy atom. The lowest BCUT2D eigenvalue weighted by molar-refractivity contribution is 0.137. The number of phenols is 1. The Morgan fingerprint density at radius 3 is 3.08 bits per heavy atom. The van der Waals surface area contributed by atoms with Gasteiger partial charge in [-0.2, -0.15) is 0 Å². The van der Waals surface area contributed by atoms with Crippen LogP contribution < -0.4 is 5.73 Å². The Hall–Kier alpha value is -1.85. The first-order valence-corrected chi connectivity index (χ1v) is 8.76. The summed E-state index contributed by atoms with van der Waals surface area (Å²) in [4.78, 5) is 11.1. The van der Waals surface area contributed by atoms with Crippen molar-refractivity contribution in [3.63, 3.8) is 0 Å². The van der Waals surface area contributed by atoms with Gasteiger partial charge in [0.25, 0.3) is 0 Å². The number of nitrogen functional groups attached to an aromatic ring is 1. The lowest BCUT2D eigenvalue weighted by Crippen LogP contribution is -2.45. The molecule has 24 heavy (non-hydrogen) atoms. The van der Waals surface area contributed by atoms with Crippen molar-refractivity contribution in [3.8, 4) is 5.75 Å². The Bertz CT molecular complexity index is 778. The lowest BCUT2D eigenvalue weighted by Gasteiger charge is -2.40.